The maximum Gasteiger partial charge on any atom is 0.101 e. The molecule has 0 saturated carbocycles. The summed E-state index contributed by atoms with van der Waals surface area (Å²) in [5, 5.41) is 10.8. The van der Waals surface area contributed by atoms with Gasteiger partial charge in [-0.05, 0) is 35.9 Å². The summed E-state index contributed by atoms with van der Waals surface area (Å²) in [5.41, 5.74) is 5.92. The zero-order valence-electron chi connectivity index (χ0n) is 13.9. The second-order valence-electron chi connectivity index (χ2n) is 6.04. The van der Waals surface area contributed by atoms with Gasteiger partial charge in [0.05, 0.1) is 17.2 Å². The highest BCUT2D eigenvalue weighted by molar-refractivity contribution is 6.02. The quantitative estimate of drug-likeness (QED) is 0.460. The van der Waals surface area contributed by atoms with Crippen LogP contribution in [0.2, 0.25) is 0 Å². The number of fused-ring (bicyclic) bond motifs is 2. The SMILES string of the molecule is c1ccc2c(-c3ccnnc3-c3ccnc4ccccc34)ccnc2c1. The van der Waals surface area contributed by atoms with Gasteiger partial charge in [0.25, 0.3) is 0 Å². The number of rotatable bonds is 2. The summed E-state index contributed by atoms with van der Waals surface area (Å²) in [6.45, 7) is 0. The van der Waals surface area contributed by atoms with Crippen LogP contribution in [0.3, 0.4) is 0 Å². The Bertz CT molecular complexity index is 1140. The predicted molar refractivity (Wildman–Crippen MR) is 104 cm³/mol. The van der Waals surface area contributed by atoms with Crippen molar-refractivity contribution in [2.45, 2.75) is 0 Å². The standard InChI is InChI=1S/C22H14N4/c1-3-7-20-16(5-1)15(9-12-23-20)18-11-14-25-26-22(18)19-10-13-24-21-8-4-2-6-17(19)21/h1-14H. The van der Waals surface area contributed by atoms with Crippen LogP contribution in [0, 0.1) is 0 Å². The summed E-state index contributed by atoms with van der Waals surface area (Å²) in [7, 11) is 0. The lowest BCUT2D eigenvalue weighted by molar-refractivity contribution is 1.04. The summed E-state index contributed by atoms with van der Waals surface area (Å²) in [6, 6.07) is 22.3. The predicted octanol–water partition coefficient (Wildman–Crippen LogP) is 4.91. The molecule has 5 rings (SSSR count). The van der Waals surface area contributed by atoms with Crippen LogP contribution in [-0.2, 0) is 0 Å². The van der Waals surface area contributed by atoms with Crippen LogP contribution in [-0.4, -0.2) is 20.2 Å². The summed E-state index contributed by atoms with van der Waals surface area (Å²) >= 11 is 0. The van der Waals surface area contributed by atoms with Gasteiger partial charge < -0.3 is 0 Å². The first-order valence-corrected chi connectivity index (χ1v) is 8.42. The minimum atomic E-state index is 0.849. The van der Waals surface area contributed by atoms with Crippen LogP contribution in [0.1, 0.15) is 0 Å². The maximum absolute atomic E-state index is 4.48. The van der Waals surface area contributed by atoms with E-state index in [4.69, 9.17) is 0 Å². The van der Waals surface area contributed by atoms with Crippen molar-refractivity contribution in [3.63, 3.8) is 0 Å². The van der Waals surface area contributed by atoms with E-state index in [1.54, 1.807) is 6.20 Å². The number of hydrogen-bond acceptors (Lipinski definition) is 4. The van der Waals surface area contributed by atoms with Gasteiger partial charge >= 0.3 is 0 Å². The van der Waals surface area contributed by atoms with E-state index in [1.165, 1.54) is 0 Å². The second-order valence-corrected chi connectivity index (χ2v) is 6.04. The van der Waals surface area contributed by atoms with E-state index < -0.39 is 0 Å². The van der Waals surface area contributed by atoms with Crippen LogP contribution in [0.4, 0.5) is 0 Å². The third kappa shape index (κ3) is 2.31. The Labute approximate surface area is 150 Å². The average Bonchev–Trinajstić information content (AvgIpc) is 2.73. The molecule has 122 valence electrons. The molecule has 0 aliphatic heterocycles. The van der Waals surface area contributed by atoms with Crippen molar-refractivity contribution < 1.29 is 0 Å². The van der Waals surface area contributed by atoms with Gasteiger partial charge in [0.2, 0.25) is 0 Å². The van der Waals surface area contributed by atoms with Gasteiger partial charge in [0, 0.05) is 34.3 Å². The van der Waals surface area contributed by atoms with Gasteiger partial charge in [-0.1, -0.05) is 36.4 Å². The number of para-hydroxylation sites is 2. The molecular formula is C22H14N4. The van der Waals surface area contributed by atoms with E-state index in [2.05, 4.69) is 32.3 Å². The Morgan fingerprint density at radius 2 is 1.08 bits per heavy atom. The monoisotopic (exact) mass is 334 g/mol. The van der Waals surface area contributed by atoms with E-state index >= 15 is 0 Å². The highest BCUT2D eigenvalue weighted by atomic mass is 15.1. The first-order chi connectivity index (χ1) is 12.9. The normalized spacial score (nSPS) is 11.1. The molecule has 0 saturated heterocycles. The van der Waals surface area contributed by atoms with Crippen molar-refractivity contribution in [2.75, 3.05) is 0 Å². The van der Waals surface area contributed by atoms with Crippen molar-refractivity contribution in [2.24, 2.45) is 0 Å². The van der Waals surface area contributed by atoms with Gasteiger partial charge in [0.15, 0.2) is 0 Å². The first-order valence-electron chi connectivity index (χ1n) is 8.42. The maximum atomic E-state index is 4.48. The molecule has 0 aliphatic carbocycles. The minimum Gasteiger partial charge on any atom is -0.256 e. The number of aromatic nitrogens is 4. The second kappa shape index (κ2) is 6.01. The third-order valence-electron chi connectivity index (χ3n) is 4.56. The number of benzene rings is 2. The molecule has 5 aromatic rings. The Morgan fingerprint density at radius 1 is 0.500 bits per heavy atom. The summed E-state index contributed by atoms with van der Waals surface area (Å²) in [4.78, 5) is 8.94. The molecular weight excluding hydrogens is 320 g/mol. The molecule has 2 aromatic carbocycles. The largest absolute Gasteiger partial charge is 0.256 e. The molecule has 0 spiro atoms. The van der Waals surface area contributed by atoms with Crippen molar-refractivity contribution in [3.05, 3.63) is 85.3 Å². The Morgan fingerprint density at radius 3 is 1.81 bits per heavy atom. The molecule has 0 N–H and O–H groups in total. The third-order valence-corrected chi connectivity index (χ3v) is 4.56. The van der Waals surface area contributed by atoms with Crippen LogP contribution in [0.15, 0.2) is 85.3 Å². The van der Waals surface area contributed by atoms with Crippen molar-refractivity contribution in [1.82, 2.24) is 20.2 Å². The molecule has 0 atom stereocenters. The van der Waals surface area contributed by atoms with Crippen LogP contribution in [0.5, 0.6) is 0 Å². The van der Waals surface area contributed by atoms with Crippen LogP contribution < -0.4 is 0 Å². The van der Waals surface area contributed by atoms with Crippen molar-refractivity contribution in [3.8, 4) is 22.4 Å². The molecule has 4 heteroatoms. The van der Waals surface area contributed by atoms with Crippen LogP contribution in [0.25, 0.3) is 44.2 Å². The molecule has 26 heavy (non-hydrogen) atoms. The highest BCUT2D eigenvalue weighted by Crippen LogP contribution is 2.36. The summed E-state index contributed by atoms with van der Waals surface area (Å²) in [6.07, 6.45) is 5.39. The van der Waals surface area contributed by atoms with Crippen molar-refractivity contribution in [1.29, 1.82) is 0 Å². The summed E-state index contributed by atoms with van der Waals surface area (Å²) < 4.78 is 0. The lowest BCUT2D eigenvalue weighted by Gasteiger charge is -2.12. The van der Waals surface area contributed by atoms with E-state index in [1.807, 2.05) is 67.0 Å². The molecule has 0 unspecified atom stereocenters. The van der Waals surface area contributed by atoms with Gasteiger partial charge in [-0.3, -0.25) is 9.97 Å². The highest BCUT2D eigenvalue weighted by Gasteiger charge is 2.14. The summed E-state index contributed by atoms with van der Waals surface area (Å²) in [5.74, 6) is 0. The number of hydrogen-bond donors (Lipinski definition) is 0. The van der Waals surface area contributed by atoms with E-state index in [-0.39, 0.29) is 0 Å². The lowest BCUT2D eigenvalue weighted by Crippen LogP contribution is -1.94. The van der Waals surface area contributed by atoms with Crippen molar-refractivity contribution >= 4 is 21.8 Å². The fraction of sp³-hybridized carbons (Fsp3) is 0. The number of pyridine rings is 2. The Balaban J connectivity index is 1.83. The average molecular weight is 334 g/mol. The fourth-order valence-corrected chi connectivity index (χ4v) is 3.38. The molecule has 0 fully saturated rings. The molecule has 0 aliphatic rings. The van der Waals surface area contributed by atoms with Gasteiger partial charge in [-0.2, -0.15) is 5.10 Å². The van der Waals surface area contributed by atoms with Crippen LogP contribution >= 0.6 is 0 Å². The van der Waals surface area contributed by atoms with Gasteiger partial charge in [0.1, 0.15) is 5.69 Å². The van der Waals surface area contributed by atoms with Gasteiger partial charge in [-0.15, -0.1) is 5.10 Å². The van der Waals surface area contributed by atoms with E-state index in [9.17, 15) is 0 Å². The van der Waals surface area contributed by atoms with E-state index in [0.29, 0.717) is 0 Å². The first kappa shape index (κ1) is 14.7. The smallest absolute Gasteiger partial charge is 0.101 e. The molecule has 0 radical (unpaired) electrons. The minimum absolute atomic E-state index is 0.849. The van der Waals surface area contributed by atoms with Gasteiger partial charge in [-0.25, -0.2) is 0 Å². The molecule has 3 aromatic heterocycles. The molecule has 4 nitrogen and oxygen atoms in total. The molecule has 0 amide bonds. The molecule has 0 bridgehead atoms. The lowest BCUT2D eigenvalue weighted by atomic mass is 9.96. The Hall–Kier alpha value is -3.66. The fourth-order valence-electron chi connectivity index (χ4n) is 3.38. The van der Waals surface area contributed by atoms with E-state index in [0.717, 1.165) is 44.2 Å². The molecule has 3 heterocycles. The zero-order valence-corrected chi connectivity index (χ0v) is 13.9. The Kier molecular flexibility index (Phi) is 3.39. The topological polar surface area (TPSA) is 51.6 Å². The zero-order chi connectivity index (χ0) is 17.3. The number of nitrogens with zero attached hydrogens (tertiary/aromatic N) is 4.